The van der Waals surface area contributed by atoms with Crippen LogP contribution in [0.4, 0.5) is 5.13 Å². The minimum Gasteiger partial charge on any atom is -0.480 e. The Morgan fingerprint density at radius 2 is 1.88 bits per heavy atom. The van der Waals surface area contributed by atoms with Gasteiger partial charge in [-0.3, -0.25) is 9.59 Å². The van der Waals surface area contributed by atoms with Crippen molar-refractivity contribution in [3.8, 4) is 0 Å². The van der Waals surface area contributed by atoms with Crippen molar-refractivity contribution in [1.82, 2.24) is 15.5 Å². The summed E-state index contributed by atoms with van der Waals surface area (Å²) in [6, 6.07) is -1.05. The van der Waals surface area contributed by atoms with Crippen molar-refractivity contribution in [1.29, 1.82) is 0 Å². The van der Waals surface area contributed by atoms with E-state index in [1.54, 1.807) is 0 Å². The van der Waals surface area contributed by atoms with Crippen molar-refractivity contribution < 1.29 is 27.9 Å². The van der Waals surface area contributed by atoms with Gasteiger partial charge >= 0.3 is 5.97 Å². The van der Waals surface area contributed by atoms with Gasteiger partial charge in [-0.15, -0.1) is 15.1 Å². The van der Waals surface area contributed by atoms with E-state index in [0.29, 0.717) is 23.3 Å². The highest BCUT2D eigenvalue weighted by Gasteiger charge is 2.18. The molecule has 0 unspecified atom stereocenters. The first-order valence-electron chi connectivity index (χ1n) is 6.05. The molecule has 1 atom stereocenters. The molecule has 0 bridgehead atoms. The van der Waals surface area contributed by atoms with Crippen LogP contribution in [0.5, 0.6) is 0 Å². The maximum Gasteiger partial charge on any atom is 0.327 e. The van der Waals surface area contributed by atoms with E-state index >= 15 is 0 Å². The smallest absolute Gasteiger partial charge is 0.327 e. The summed E-state index contributed by atoms with van der Waals surface area (Å²) in [5, 5.41) is 24.5. The Morgan fingerprint density at radius 1 is 1.31 bits per heavy atom. The van der Waals surface area contributed by atoms with Crippen LogP contribution in [-0.2, 0) is 24.4 Å². The SMILES string of the molecule is C.CC(=O)N[C@@H](CSN=O)C(=O)O.CC(=O)Nc1nnc(S(N)(=O)=O)s1. The van der Waals surface area contributed by atoms with Gasteiger partial charge in [0.15, 0.2) is 0 Å². The number of amides is 2. The monoisotopic (exact) mass is 430 g/mol. The van der Waals surface area contributed by atoms with Gasteiger partial charge in [0.05, 0.1) is 0 Å². The second-order valence-electron chi connectivity index (χ2n) is 4.06. The molecular formula is C10H18N6O7S3. The Bertz CT molecular complexity index is 735. The van der Waals surface area contributed by atoms with Gasteiger partial charge in [0.1, 0.15) is 6.04 Å². The average Bonchev–Trinajstić information content (AvgIpc) is 2.91. The standard InChI is InChI=1S/C5H8N2O4S.C4H6N4O3S2.CH4/c1-3(8)6-4(5(9)10)2-12-7-11;1-2(9)6-3-7-8-4(12-3)13(5,10)11;/h4H,2H2,1H3,(H,6,8)(H,9,10);1H3,(H2,5,10,11)(H,6,7,9);1H4/t4-;;/m0../s1. The second kappa shape index (κ2) is 12.2. The number of primary sulfonamides is 1. The average molecular weight is 430 g/mol. The lowest BCUT2D eigenvalue weighted by Gasteiger charge is -2.09. The van der Waals surface area contributed by atoms with E-state index in [9.17, 15) is 27.7 Å². The molecule has 0 aliphatic heterocycles. The number of hydrogen-bond donors (Lipinski definition) is 4. The molecule has 0 fully saturated rings. The Hall–Kier alpha value is -2.17. The number of nitrogens with two attached hydrogens (primary N) is 1. The molecule has 0 saturated heterocycles. The maximum atomic E-state index is 10.7. The van der Waals surface area contributed by atoms with Gasteiger partial charge < -0.3 is 15.7 Å². The zero-order valence-electron chi connectivity index (χ0n) is 12.8. The quantitative estimate of drug-likeness (QED) is 0.253. The van der Waals surface area contributed by atoms with E-state index < -0.39 is 27.9 Å². The summed E-state index contributed by atoms with van der Waals surface area (Å²) in [6.07, 6.45) is 0. The minimum absolute atomic E-state index is 0. The third kappa shape index (κ3) is 11.4. The highest BCUT2D eigenvalue weighted by atomic mass is 32.2. The van der Waals surface area contributed by atoms with Gasteiger partial charge in [-0.2, -0.15) is 0 Å². The van der Waals surface area contributed by atoms with Crippen LogP contribution in [0.1, 0.15) is 21.3 Å². The van der Waals surface area contributed by atoms with Crippen LogP contribution >= 0.6 is 23.3 Å². The number of carboxylic acid groups (broad SMARTS) is 1. The molecule has 0 radical (unpaired) electrons. The van der Waals surface area contributed by atoms with Crippen molar-refractivity contribution in [2.75, 3.05) is 11.1 Å². The van der Waals surface area contributed by atoms with E-state index in [4.69, 9.17) is 10.2 Å². The molecule has 13 nitrogen and oxygen atoms in total. The zero-order chi connectivity index (χ0) is 19.6. The molecule has 0 aromatic carbocycles. The first-order chi connectivity index (χ1) is 11.5. The lowest BCUT2D eigenvalue weighted by molar-refractivity contribution is -0.140. The largest absolute Gasteiger partial charge is 0.480 e. The molecule has 0 aliphatic carbocycles. The predicted octanol–water partition coefficient (Wildman–Crippen LogP) is -0.230. The van der Waals surface area contributed by atoms with Crippen molar-refractivity contribution in [3.63, 3.8) is 0 Å². The summed E-state index contributed by atoms with van der Waals surface area (Å²) in [7, 11) is -3.82. The molecule has 0 aliphatic rings. The Morgan fingerprint density at radius 3 is 2.23 bits per heavy atom. The third-order valence-corrected chi connectivity index (χ3v) is 4.64. The summed E-state index contributed by atoms with van der Waals surface area (Å²) < 4.78 is 23.5. The van der Waals surface area contributed by atoms with Gasteiger partial charge in [0.25, 0.3) is 10.0 Å². The Labute approximate surface area is 157 Å². The molecule has 1 rings (SSSR count). The van der Waals surface area contributed by atoms with E-state index in [2.05, 4.69) is 25.4 Å². The summed E-state index contributed by atoms with van der Waals surface area (Å²) in [4.78, 5) is 40.9. The molecular weight excluding hydrogens is 412 g/mol. The minimum atomic E-state index is -3.82. The van der Waals surface area contributed by atoms with Crippen LogP contribution in [-0.4, -0.2) is 53.3 Å². The number of carbonyl (C=O) groups is 3. The highest BCUT2D eigenvalue weighted by Crippen LogP contribution is 2.17. The molecule has 1 aromatic heterocycles. The molecule has 0 spiro atoms. The summed E-state index contributed by atoms with van der Waals surface area (Å²) >= 11 is 1.26. The number of carboxylic acids is 1. The first-order valence-corrected chi connectivity index (χ1v) is 9.36. The summed E-state index contributed by atoms with van der Waals surface area (Å²) in [5.41, 5.74) is 0. The predicted molar refractivity (Wildman–Crippen MR) is 95.8 cm³/mol. The van der Waals surface area contributed by atoms with Gasteiger partial charge in [0.2, 0.25) is 21.3 Å². The molecule has 1 heterocycles. The van der Waals surface area contributed by atoms with Crippen LogP contribution in [0, 0.1) is 4.91 Å². The van der Waals surface area contributed by atoms with Crippen LogP contribution in [0.3, 0.4) is 0 Å². The molecule has 2 amide bonds. The third-order valence-electron chi connectivity index (χ3n) is 1.90. The number of aromatic nitrogens is 2. The molecule has 1 aromatic rings. The van der Waals surface area contributed by atoms with Crippen molar-refractivity contribution in [2.24, 2.45) is 9.72 Å². The van der Waals surface area contributed by atoms with Crippen molar-refractivity contribution in [2.45, 2.75) is 31.7 Å². The van der Waals surface area contributed by atoms with E-state index in [0.717, 1.165) is 0 Å². The number of nitrogens with zero attached hydrogens (tertiary/aromatic N) is 3. The number of nitrogens with one attached hydrogen (secondary N) is 2. The molecule has 148 valence electrons. The van der Waals surface area contributed by atoms with Gasteiger partial charge in [0, 0.05) is 36.1 Å². The van der Waals surface area contributed by atoms with Crippen LogP contribution in [0.15, 0.2) is 8.92 Å². The number of carbonyl (C=O) groups excluding carboxylic acids is 2. The van der Waals surface area contributed by atoms with E-state index in [1.807, 2.05) is 0 Å². The Balaban J connectivity index is 0. The van der Waals surface area contributed by atoms with Crippen molar-refractivity contribution in [3.05, 3.63) is 4.91 Å². The number of aliphatic carboxylic acids is 1. The number of rotatable bonds is 7. The molecule has 16 heteroatoms. The van der Waals surface area contributed by atoms with Crippen LogP contribution in [0.2, 0.25) is 0 Å². The number of hydrogen-bond acceptors (Lipinski definition) is 11. The zero-order valence-corrected chi connectivity index (χ0v) is 15.3. The Kier molecular flexibility index (Phi) is 12.3. The molecule has 26 heavy (non-hydrogen) atoms. The topological polar surface area (TPSA) is 211 Å². The van der Waals surface area contributed by atoms with E-state index in [1.165, 1.54) is 13.8 Å². The summed E-state index contributed by atoms with van der Waals surface area (Å²) in [5.74, 6) is -2.04. The fourth-order valence-electron chi connectivity index (χ4n) is 1.05. The van der Waals surface area contributed by atoms with Crippen LogP contribution < -0.4 is 15.8 Å². The molecule has 5 N–H and O–H groups in total. The van der Waals surface area contributed by atoms with Crippen molar-refractivity contribution >= 4 is 56.2 Å². The van der Waals surface area contributed by atoms with Gasteiger partial charge in [-0.05, 0) is 0 Å². The number of sulfonamides is 1. The lowest BCUT2D eigenvalue weighted by Crippen LogP contribution is -2.41. The maximum absolute atomic E-state index is 10.7. The van der Waals surface area contributed by atoms with Crippen LogP contribution in [0.25, 0.3) is 0 Å². The fraction of sp³-hybridized carbons (Fsp3) is 0.500. The lowest BCUT2D eigenvalue weighted by atomic mass is 10.3. The van der Waals surface area contributed by atoms with Gasteiger partial charge in [-0.1, -0.05) is 18.8 Å². The number of anilines is 1. The fourth-order valence-corrected chi connectivity index (χ4v) is 2.87. The number of nitroso groups, excluding NO2 is 1. The second-order valence-corrected chi connectivity index (χ2v) is 7.51. The highest BCUT2D eigenvalue weighted by molar-refractivity contribution is 7.97. The van der Waals surface area contributed by atoms with Gasteiger partial charge in [-0.25, -0.2) is 18.4 Å². The van der Waals surface area contributed by atoms with E-state index in [-0.39, 0.29) is 28.6 Å². The summed E-state index contributed by atoms with van der Waals surface area (Å²) in [6.45, 7) is 2.48. The normalized spacial score (nSPS) is 11.0. The molecule has 0 saturated carbocycles. The first kappa shape index (κ1) is 26.1.